The Kier molecular flexibility index (Phi) is 3.17. The van der Waals surface area contributed by atoms with E-state index >= 15 is 0 Å². The molecule has 17 heavy (non-hydrogen) atoms. The van der Waals surface area contributed by atoms with Crippen LogP contribution in [0, 0.1) is 0 Å². The molecule has 0 amide bonds. The molecule has 2 nitrogen and oxygen atoms in total. The lowest BCUT2D eigenvalue weighted by molar-refractivity contribution is 0.728. The molecule has 0 saturated heterocycles. The number of nitrogens with zero attached hydrogens (tertiary/aromatic N) is 2. The van der Waals surface area contributed by atoms with Gasteiger partial charge >= 0.3 is 0 Å². The number of aromatic nitrogens is 2. The summed E-state index contributed by atoms with van der Waals surface area (Å²) in [7, 11) is 1.96. The molecule has 1 aromatic heterocycles. The Labute approximate surface area is 108 Å². The molecule has 92 valence electrons. The summed E-state index contributed by atoms with van der Waals surface area (Å²) in [4.78, 5) is 0. The second kappa shape index (κ2) is 4.34. The van der Waals surface area contributed by atoms with Crippen LogP contribution in [0.4, 0.5) is 0 Å². The molecule has 0 fully saturated rings. The van der Waals surface area contributed by atoms with Gasteiger partial charge in [0.15, 0.2) is 0 Å². The van der Waals surface area contributed by atoms with Crippen molar-refractivity contribution in [3.05, 3.63) is 28.4 Å². The first kappa shape index (κ1) is 12.4. The van der Waals surface area contributed by atoms with Crippen LogP contribution in [-0.2, 0) is 7.05 Å². The van der Waals surface area contributed by atoms with Crippen molar-refractivity contribution < 1.29 is 0 Å². The van der Waals surface area contributed by atoms with E-state index in [1.807, 2.05) is 11.7 Å². The summed E-state index contributed by atoms with van der Waals surface area (Å²) in [6, 6.07) is 4.28. The lowest BCUT2D eigenvalue weighted by Crippen LogP contribution is -1.94. The first-order valence-corrected chi connectivity index (χ1v) is 6.46. The van der Waals surface area contributed by atoms with Crippen molar-refractivity contribution in [2.45, 2.75) is 39.5 Å². The summed E-state index contributed by atoms with van der Waals surface area (Å²) in [5.41, 5.74) is 3.37. The van der Waals surface area contributed by atoms with Gasteiger partial charge in [0.05, 0.1) is 16.2 Å². The van der Waals surface area contributed by atoms with Gasteiger partial charge in [-0.2, -0.15) is 5.10 Å². The van der Waals surface area contributed by atoms with Crippen molar-refractivity contribution in [3.63, 3.8) is 0 Å². The van der Waals surface area contributed by atoms with Crippen LogP contribution in [0.1, 0.15) is 50.8 Å². The molecule has 0 spiro atoms. The van der Waals surface area contributed by atoms with E-state index in [0.717, 1.165) is 16.2 Å². The number of halogens is 1. The van der Waals surface area contributed by atoms with E-state index in [2.05, 4.69) is 44.9 Å². The third kappa shape index (κ3) is 1.95. The number of fused-ring (bicyclic) bond motifs is 1. The molecule has 0 N–H and O–H groups in total. The van der Waals surface area contributed by atoms with Gasteiger partial charge in [0.2, 0.25) is 0 Å². The van der Waals surface area contributed by atoms with E-state index in [4.69, 9.17) is 11.6 Å². The summed E-state index contributed by atoms with van der Waals surface area (Å²) in [5.74, 6) is 0.851. The van der Waals surface area contributed by atoms with Crippen molar-refractivity contribution >= 4 is 22.5 Å². The molecule has 0 atom stereocenters. The normalized spacial score (nSPS) is 12.0. The summed E-state index contributed by atoms with van der Waals surface area (Å²) in [6.07, 6.45) is 0. The molecule has 0 bridgehead atoms. The molecule has 2 aromatic rings. The number of hydrogen-bond acceptors (Lipinski definition) is 1. The lowest BCUT2D eigenvalue weighted by atomic mass is 9.99. The average Bonchev–Trinajstić information content (AvgIpc) is 2.56. The molecule has 0 radical (unpaired) electrons. The van der Waals surface area contributed by atoms with Crippen LogP contribution in [0.25, 0.3) is 10.9 Å². The SMILES string of the molecule is CC(C)c1ccc2c(C(C)C)nn(C)c2c1Cl. The van der Waals surface area contributed by atoms with Gasteiger partial charge < -0.3 is 0 Å². The average molecular weight is 251 g/mol. The van der Waals surface area contributed by atoms with Gasteiger partial charge in [-0.3, -0.25) is 4.68 Å². The topological polar surface area (TPSA) is 17.8 Å². The van der Waals surface area contributed by atoms with Crippen LogP contribution in [0.5, 0.6) is 0 Å². The van der Waals surface area contributed by atoms with Gasteiger partial charge in [-0.25, -0.2) is 0 Å². The Morgan fingerprint density at radius 3 is 2.29 bits per heavy atom. The highest BCUT2D eigenvalue weighted by Crippen LogP contribution is 2.34. The maximum Gasteiger partial charge on any atom is 0.0871 e. The Bertz CT molecular complexity index is 553. The quantitative estimate of drug-likeness (QED) is 0.769. The first-order chi connectivity index (χ1) is 7.93. The molecular weight excluding hydrogens is 232 g/mol. The molecule has 0 aliphatic rings. The van der Waals surface area contributed by atoms with E-state index in [9.17, 15) is 0 Å². The van der Waals surface area contributed by atoms with Crippen LogP contribution in [0.15, 0.2) is 12.1 Å². The van der Waals surface area contributed by atoms with E-state index in [1.54, 1.807) is 0 Å². The van der Waals surface area contributed by atoms with Crippen molar-refractivity contribution in [1.82, 2.24) is 9.78 Å². The summed E-state index contributed by atoms with van der Waals surface area (Å²) in [6.45, 7) is 8.64. The van der Waals surface area contributed by atoms with Gasteiger partial charge in [0.1, 0.15) is 0 Å². The fraction of sp³-hybridized carbons (Fsp3) is 0.500. The summed E-state index contributed by atoms with van der Waals surface area (Å²) >= 11 is 6.50. The Morgan fingerprint density at radius 1 is 1.12 bits per heavy atom. The lowest BCUT2D eigenvalue weighted by Gasteiger charge is -2.09. The van der Waals surface area contributed by atoms with E-state index in [0.29, 0.717) is 11.8 Å². The summed E-state index contributed by atoms with van der Waals surface area (Å²) < 4.78 is 1.90. The van der Waals surface area contributed by atoms with Crippen molar-refractivity contribution in [2.24, 2.45) is 7.05 Å². The number of hydrogen-bond donors (Lipinski definition) is 0. The minimum atomic E-state index is 0.416. The van der Waals surface area contributed by atoms with Gasteiger partial charge in [0, 0.05) is 12.4 Å². The summed E-state index contributed by atoms with van der Waals surface area (Å²) in [5, 5.41) is 6.61. The predicted octanol–water partition coefficient (Wildman–Crippen LogP) is 4.47. The van der Waals surface area contributed by atoms with E-state index in [-0.39, 0.29) is 0 Å². The maximum atomic E-state index is 6.50. The number of benzene rings is 1. The molecule has 3 heteroatoms. The standard InChI is InChI=1S/C14H19ClN2/c1-8(2)10-6-7-11-13(9(3)4)16-17(5)14(11)12(10)15/h6-9H,1-5H3. The smallest absolute Gasteiger partial charge is 0.0871 e. The van der Waals surface area contributed by atoms with Crippen molar-refractivity contribution in [1.29, 1.82) is 0 Å². The van der Waals surface area contributed by atoms with E-state index in [1.165, 1.54) is 10.9 Å². The van der Waals surface area contributed by atoms with Crippen molar-refractivity contribution in [2.75, 3.05) is 0 Å². The van der Waals surface area contributed by atoms with Gasteiger partial charge in [-0.05, 0) is 17.4 Å². The predicted molar refractivity (Wildman–Crippen MR) is 73.9 cm³/mol. The molecule has 0 aliphatic carbocycles. The fourth-order valence-corrected chi connectivity index (χ4v) is 2.75. The second-order valence-electron chi connectivity index (χ2n) is 5.18. The maximum absolute atomic E-state index is 6.50. The molecular formula is C14H19ClN2. The highest BCUT2D eigenvalue weighted by atomic mass is 35.5. The van der Waals surface area contributed by atoms with Crippen LogP contribution >= 0.6 is 11.6 Å². The number of aryl methyl sites for hydroxylation is 1. The van der Waals surface area contributed by atoms with Crippen LogP contribution in [0.3, 0.4) is 0 Å². The Morgan fingerprint density at radius 2 is 1.76 bits per heavy atom. The van der Waals surface area contributed by atoms with Gasteiger partial charge in [0.25, 0.3) is 0 Å². The zero-order valence-corrected chi connectivity index (χ0v) is 11.8. The first-order valence-electron chi connectivity index (χ1n) is 6.08. The highest BCUT2D eigenvalue weighted by Gasteiger charge is 2.17. The van der Waals surface area contributed by atoms with Crippen LogP contribution < -0.4 is 0 Å². The largest absolute Gasteiger partial charge is 0.266 e. The molecule has 1 heterocycles. The fourth-order valence-electron chi connectivity index (χ4n) is 2.24. The highest BCUT2D eigenvalue weighted by molar-refractivity contribution is 6.36. The molecule has 1 aromatic carbocycles. The molecule has 0 saturated carbocycles. The molecule has 2 rings (SSSR count). The Balaban J connectivity index is 2.79. The number of rotatable bonds is 2. The minimum absolute atomic E-state index is 0.416. The Hall–Kier alpha value is -1.02. The van der Waals surface area contributed by atoms with Gasteiger partial charge in [-0.1, -0.05) is 51.4 Å². The molecule has 0 unspecified atom stereocenters. The zero-order valence-electron chi connectivity index (χ0n) is 11.1. The second-order valence-corrected chi connectivity index (χ2v) is 5.56. The van der Waals surface area contributed by atoms with Crippen LogP contribution in [-0.4, -0.2) is 9.78 Å². The van der Waals surface area contributed by atoms with Crippen LogP contribution in [0.2, 0.25) is 5.02 Å². The molecule has 0 aliphatic heterocycles. The van der Waals surface area contributed by atoms with Crippen molar-refractivity contribution in [3.8, 4) is 0 Å². The minimum Gasteiger partial charge on any atom is -0.266 e. The third-order valence-corrected chi connectivity index (χ3v) is 3.57. The third-order valence-electron chi connectivity index (χ3n) is 3.17. The van der Waals surface area contributed by atoms with E-state index < -0.39 is 0 Å². The zero-order chi connectivity index (χ0) is 12.7. The van der Waals surface area contributed by atoms with Gasteiger partial charge in [-0.15, -0.1) is 0 Å². The monoisotopic (exact) mass is 250 g/mol.